The standard InChI is InChI=1S/C15H28N2OS/c1-12(2)9-13-16-10-14(18)17(13)11-15(19-3)7-5-4-6-8-15/h12-13,16H,4-11H2,1-3H3. The summed E-state index contributed by atoms with van der Waals surface area (Å²) < 4.78 is 0.315. The van der Waals surface area contributed by atoms with Gasteiger partial charge in [-0.05, 0) is 31.4 Å². The van der Waals surface area contributed by atoms with Gasteiger partial charge in [0.2, 0.25) is 5.91 Å². The Bertz CT molecular complexity index is 313. The molecule has 0 radical (unpaired) electrons. The molecular formula is C15H28N2OS. The Morgan fingerprint density at radius 3 is 2.63 bits per heavy atom. The zero-order valence-corrected chi connectivity index (χ0v) is 13.4. The van der Waals surface area contributed by atoms with E-state index in [1.54, 1.807) is 0 Å². The maximum atomic E-state index is 12.2. The minimum atomic E-state index is 0.262. The minimum Gasteiger partial charge on any atom is -0.325 e. The molecule has 4 heteroatoms. The lowest BCUT2D eigenvalue weighted by molar-refractivity contribution is -0.128. The van der Waals surface area contributed by atoms with E-state index in [9.17, 15) is 4.79 Å². The van der Waals surface area contributed by atoms with Gasteiger partial charge in [-0.25, -0.2) is 0 Å². The second kappa shape index (κ2) is 6.49. The summed E-state index contributed by atoms with van der Waals surface area (Å²) in [6, 6.07) is 0. The summed E-state index contributed by atoms with van der Waals surface area (Å²) in [4.78, 5) is 14.3. The molecule has 110 valence electrons. The average molecular weight is 284 g/mol. The SMILES string of the molecule is CSC1(CN2C(=O)CNC2CC(C)C)CCCCC1. The number of nitrogens with zero attached hydrogens (tertiary/aromatic N) is 1. The molecule has 1 atom stereocenters. The number of rotatable bonds is 5. The fraction of sp³-hybridized carbons (Fsp3) is 0.933. The van der Waals surface area contributed by atoms with Crippen LogP contribution in [-0.4, -0.2) is 41.1 Å². The fourth-order valence-corrected chi connectivity index (χ4v) is 4.34. The number of thioether (sulfide) groups is 1. The quantitative estimate of drug-likeness (QED) is 0.842. The van der Waals surface area contributed by atoms with Crippen LogP contribution in [0, 0.1) is 5.92 Å². The van der Waals surface area contributed by atoms with Crippen LogP contribution in [0.2, 0.25) is 0 Å². The molecule has 2 fully saturated rings. The zero-order valence-electron chi connectivity index (χ0n) is 12.6. The third kappa shape index (κ3) is 3.66. The van der Waals surface area contributed by atoms with Gasteiger partial charge in [0, 0.05) is 11.3 Å². The summed E-state index contributed by atoms with van der Waals surface area (Å²) in [6.07, 6.45) is 10.1. The van der Waals surface area contributed by atoms with Gasteiger partial charge >= 0.3 is 0 Å². The molecule has 0 spiro atoms. The van der Waals surface area contributed by atoms with Crippen molar-refractivity contribution in [1.82, 2.24) is 10.2 Å². The number of hydrogen-bond acceptors (Lipinski definition) is 3. The molecule has 0 bridgehead atoms. The predicted octanol–water partition coefficient (Wildman–Crippen LogP) is 2.86. The van der Waals surface area contributed by atoms with Gasteiger partial charge in [0.25, 0.3) is 0 Å². The molecule has 1 N–H and O–H groups in total. The van der Waals surface area contributed by atoms with Crippen molar-refractivity contribution in [2.45, 2.75) is 63.3 Å². The van der Waals surface area contributed by atoms with Crippen molar-refractivity contribution in [3.63, 3.8) is 0 Å². The van der Waals surface area contributed by atoms with E-state index >= 15 is 0 Å². The Kier molecular flexibility index (Phi) is 5.18. The van der Waals surface area contributed by atoms with E-state index in [0.29, 0.717) is 23.1 Å². The average Bonchev–Trinajstić information content (AvgIpc) is 2.72. The Labute approximate surface area is 121 Å². The van der Waals surface area contributed by atoms with Gasteiger partial charge in [0.05, 0.1) is 12.7 Å². The highest BCUT2D eigenvalue weighted by Gasteiger charge is 2.39. The molecular weight excluding hydrogens is 256 g/mol. The summed E-state index contributed by atoms with van der Waals surface area (Å²) in [5.41, 5.74) is 0. The van der Waals surface area contributed by atoms with Crippen LogP contribution in [0.5, 0.6) is 0 Å². The minimum absolute atomic E-state index is 0.262. The smallest absolute Gasteiger partial charge is 0.237 e. The van der Waals surface area contributed by atoms with Crippen molar-refractivity contribution in [3.05, 3.63) is 0 Å². The number of hydrogen-bond donors (Lipinski definition) is 1. The van der Waals surface area contributed by atoms with Gasteiger partial charge in [-0.15, -0.1) is 0 Å². The second-order valence-electron chi connectivity index (χ2n) is 6.50. The monoisotopic (exact) mass is 284 g/mol. The van der Waals surface area contributed by atoms with Crippen LogP contribution in [0.25, 0.3) is 0 Å². The number of nitrogens with one attached hydrogen (secondary N) is 1. The summed E-state index contributed by atoms with van der Waals surface area (Å²) in [7, 11) is 0. The molecule has 1 saturated carbocycles. The largest absolute Gasteiger partial charge is 0.325 e. The molecule has 3 nitrogen and oxygen atoms in total. The maximum Gasteiger partial charge on any atom is 0.237 e. The first-order valence-corrected chi connectivity index (χ1v) is 8.87. The Morgan fingerprint density at radius 1 is 1.37 bits per heavy atom. The number of amides is 1. The first-order chi connectivity index (χ1) is 9.06. The van der Waals surface area contributed by atoms with Crippen molar-refractivity contribution in [1.29, 1.82) is 0 Å². The van der Waals surface area contributed by atoms with Crippen molar-refractivity contribution >= 4 is 17.7 Å². The van der Waals surface area contributed by atoms with Gasteiger partial charge in [-0.1, -0.05) is 33.1 Å². The van der Waals surface area contributed by atoms with Crippen molar-refractivity contribution in [2.75, 3.05) is 19.3 Å². The molecule has 0 aromatic heterocycles. The fourth-order valence-electron chi connectivity index (χ4n) is 3.38. The Hall–Kier alpha value is -0.220. The first kappa shape index (κ1) is 15.2. The molecule has 1 heterocycles. The molecule has 1 unspecified atom stereocenters. The molecule has 0 aromatic rings. The predicted molar refractivity (Wildman–Crippen MR) is 82.3 cm³/mol. The van der Waals surface area contributed by atoms with E-state index in [2.05, 4.69) is 30.3 Å². The van der Waals surface area contributed by atoms with Crippen LogP contribution in [0.4, 0.5) is 0 Å². The van der Waals surface area contributed by atoms with Gasteiger partial charge in [-0.2, -0.15) is 11.8 Å². The Balaban J connectivity index is 2.03. The highest BCUT2D eigenvalue weighted by Crippen LogP contribution is 2.40. The lowest BCUT2D eigenvalue weighted by Gasteiger charge is -2.40. The summed E-state index contributed by atoms with van der Waals surface area (Å²) in [5, 5.41) is 3.39. The summed E-state index contributed by atoms with van der Waals surface area (Å²) >= 11 is 1.98. The second-order valence-corrected chi connectivity index (χ2v) is 7.77. The van der Waals surface area contributed by atoms with Crippen LogP contribution < -0.4 is 5.32 Å². The van der Waals surface area contributed by atoms with Crippen LogP contribution in [0.15, 0.2) is 0 Å². The van der Waals surface area contributed by atoms with E-state index in [1.165, 1.54) is 32.1 Å². The molecule has 1 aliphatic heterocycles. The van der Waals surface area contributed by atoms with Gasteiger partial charge in [0.1, 0.15) is 0 Å². The topological polar surface area (TPSA) is 32.3 Å². The molecule has 2 rings (SSSR count). The molecule has 1 saturated heterocycles. The number of carbonyl (C=O) groups excluding carboxylic acids is 1. The summed E-state index contributed by atoms with van der Waals surface area (Å²) in [6.45, 7) is 5.93. The van der Waals surface area contributed by atoms with E-state index in [1.807, 2.05) is 11.8 Å². The van der Waals surface area contributed by atoms with Crippen molar-refractivity contribution in [3.8, 4) is 0 Å². The molecule has 1 aliphatic carbocycles. The molecule has 1 amide bonds. The van der Waals surface area contributed by atoms with Crippen LogP contribution in [0.1, 0.15) is 52.4 Å². The third-order valence-electron chi connectivity index (χ3n) is 4.54. The van der Waals surface area contributed by atoms with Crippen LogP contribution in [-0.2, 0) is 4.79 Å². The molecule has 19 heavy (non-hydrogen) atoms. The van der Waals surface area contributed by atoms with E-state index in [-0.39, 0.29) is 6.17 Å². The van der Waals surface area contributed by atoms with E-state index in [0.717, 1.165) is 13.0 Å². The van der Waals surface area contributed by atoms with Gasteiger partial charge in [-0.3, -0.25) is 10.1 Å². The molecule has 0 aromatic carbocycles. The highest BCUT2D eigenvalue weighted by atomic mass is 32.2. The van der Waals surface area contributed by atoms with Crippen molar-refractivity contribution < 1.29 is 4.79 Å². The Morgan fingerprint density at radius 2 is 2.05 bits per heavy atom. The van der Waals surface area contributed by atoms with Gasteiger partial charge < -0.3 is 4.90 Å². The van der Waals surface area contributed by atoms with Crippen molar-refractivity contribution in [2.24, 2.45) is 5.92 Å². The lowest BCUT2D eigenvalue weighted by Crippen LogP contribution is -2.48. The van der Waals surface area contributed by atoms with Gasteiger partial charge in [0.15, 0.2) is 0 Å². The van der Waals surface area contributed by atoms with Crippen LogP contribution >= 0.6 is 11.8 Å². The molecule has 2 aliphatic rings. The number of carbonyl (C=O) groups is 1. The third-order valence-corrected chi connectivity index (χ3v) is 5.94. The lowest BCUT2D eigenvalue weighted by atomic mass is 9.87. The van der Waals surface area contributed by atoms with Crippen LogP contribution in [0.3, 0.4) is 0 Å². The zero-order chi connectivity index (χ0) is 13.9. The van der Waals surface area contributed by atoms with E-state index in [4.69, 9.17) is 0 Å². The summed E-state index contributed by atoms with van der Waals surface area (Å²) in [5.74, 6) is 0.923. The normalized spacial score (nSPS) is 27.3. The highest BCUT2D eigenvalue weighted by molar-refractivity contribution is 8.00. The maximum absolute atomic E-state index is 12.2. The first-order valence-electron chi connectivity index (χ1n) is 7.64. The van der Waals surface area contributed by atoms with E-state index < -0.39 is 0 Å².